The van der Waals surface area contributed by atoms with Crippen molar-refractivity contribution in [2.75, 3.05) is 11.9 Å². The number of unbranched alkanes of at least 4 members (excludes halogenated alkanes) is 13. The van der Waals surface area contributed by atoms with Gasteiger partial charge in [-0.05, 0) is 11.6 Å². The highest BCUT2D eigenvalue weighted by Crippen LogP contribution is 2.15. The fourth-order valence-electron chi connectivity index (χ4n) is 3.23. The lowest BCUT2D eigenvalue weighted by Crippen LogP contribution is -2.24. The van der Waals surface area contributed by atoms with Gasteiger partial charge in [-0.25, -0.2) is 4.79 Å². The number of nitrogens with one attached hydrogen (secondary N) is 3. The summed E-state index contributed by atoms with van der Waals surface area (Å²) < 4.78 is 0. The van der Waals surface area contributed by atoms with Gasteiger partial charge in [-0.2, -0.15) is 0 Å². The molecule has 0 amide bonds. The van der Waals surface area contributed by atoms with E-state index in [1.54, 1.807) is 0 Å². The summed E-state index contributed by atoms with van der Waals surface area (Å²) in [7, 11) is 0. The lowest BCUT2D eigenvalue weighted by atomic mass is 10.0. The molecule has 1 aromatic heterocycles. The molecule has 1 heterocycles. The van der Waals surface area contributed by atoms with E-state index in [0.29, 0.717) is 6.54 Å². The van der Waals surface area contributed by atoms with Crippen LogP contribution in [0, 0.1) is 4.91 Å². The fraction of sp³-hybridized carbons (Fsp3) is 0.800. The molecule has 3 N–H and O–H groups in total. The quantitative estimate of drug-likeness (QED) is 0.250. The Hall–Kier alpha value is -1.92. The number of anilines is 1. The van der Waals surface area contributed by atoms with Crippen molar-refractivity contribution in [2.45, 2.75) is 96.8 Å². The molecule has 1 rings (SSSR count). The molecular weight excluding hydrogens is 344 g/mol. The lowest BCUT2D eigenvalue weighted by molar-refractivity contribution is 0.537. The van der Waals surface area contributed by atoms with Crippen LogP contribution in [0.25, 0.3) is 0 Å². The largest absolute Gasteiger partial charge is 0.369 e. The van der Waals surface area contributed by atoms with Gasteiger partial charge in [0.1, 0.15) is 5.82 Å². The second-order valence-corrected chi connectivity index (χ2v) is 7.25. The van der Waals surface area contributed by atoms with Crippen molar-refractivity contribution >= 4 is 11.5 Å². The molecule has 27 heavy (non-hydrogen) atoms. The SMILES string of the molecule is CCCCCCCCCCCCCCCCNc1[nH]c(=O)[nH]c(=O)c1N=O. The van der Waals surface area contributed by atoms with Gasteiger partial charge < -0.3 is 5.32 Å². The number of nitrogens with zero attached hydrogens (tertiary/aromatic N) is 1. The minimum absolute atomic E-state index is 0.105. The molecule has 0 aromatic carbocycles. The monoisotopic (exact) mass is 380 g/mol. The van der Waals surface area contributed by atoms with E-state index in [4.69, 9.17) is 0 Å². The number of nitroso groups, excluding NO2 is 1. The highest BCUT2D eigenvalue weighted by atomic mass is 16.3. The summed E-state index contributed by atoms with van der Waals surface area (Å²) in [6, 6.07) is 0. The Bertz CT molecular complexity index is 624. The average molecular weight is 381 g/mol. The second kappa shape index (κ2) is 15.2. The third-order valence-electron chi connectivity index (χ3n) is 4.84. The molecule has 154 valence electrons. The Morgan fingerprint density at radius 3 is 1.70 bits per heavy atom. The Labute approximate surface area is 161 Å². The predicted octanol–water partition coefficient (Wildman–Crippen LogP) is 5.35. The van der Waals surface area contributed by atoms with Crippen molar-refractivity contribution in [1.29, 1.82) is 0 Å². The first-order valence-corrected chi connectivity index (χ1v) is 10.6. The maximum atomic E-state index is 11.4. The molecule has 0 fully saturated rings. The maximum absolute atomic E-state index is 11.4. The molecule has 0 bridgehead atoms. The van der Waals surface area contributed by atoms with E-state index in [0.717, 1.165) is 12.8 Å². The summed E-state index contributed by atoms with van der Waals surface area (Å²) in [6.07, 6.45) is 18.1. The van der Waals surface area contributed by atoms with Gasteiger partial charge in [-0.3, -0.25) is 14.8 Å². The van der Waals surface area contributed by atoms with Gasteiger partial charge in [0.25, 0.3) is 5.56 Å². The third kappa shape index (κ3) is 10.7. The van der Waals surface area contributed by atoms with Gasteiger partial charge in [0.2, 0.25) is 5.69 Å². The Morgan fingerprint density at radius 2 is 1.22 bits per heavy atom. The number of aromatic nitrogens is 2. The molecular formula is C20H36N4O3. The zero-order valence-corrected chi connectivity index (χ0v) is 16.8. The van der Waals surface area contributed by atoms with Gasteiger partial charge in [0.15, 0.2) is 0 Å². The van der Waals surface area contributed by atoms with Gasteiger partial charge in [0, 0.05) is 6.54 Å². The maximum Gasteiger partial charge on any atom is 0.327 e. The molecule has 0 saturated heterocycles. The van der Waals surface area contributed by atoms with Crippen molar-refractivity contribution < 1.29 is 0 Å². The Morgan fingerprint density at radius 1 is 0.741 bits per heavy atom. The minimum Gasteiger partial charge on any atom is -0.369 e. The standard InChI is InChI=1S/C20H36N4O3/c1-2-3-4-5-6-7-8-9-10-11-12-13-14-15-16-21-18-17(24-27)19(25)23-20(26)22-18/h2-16H2,1H3,(H3,21,22,23,25,26). The molecule has 0 spiro atoms. The summed E-state index contributed by atoms with van der Waals surface area (Å²) in [5, 5.41) is 5.59. The fourth-order valence-corrected chi connectivity index (χ4v) is 3.23. The first kappa shape index (κ1) is 23.1. The topological polar surface area (TPSA) is 107 Å². The number of aromatic amines is 2. The highest BCUT2D eigenvalue weighted by molar-refractivity contribution is 5.57. The molecule has 0 aliphatic heterocycles. The van der Waals surface area contributed by atoms with Crippen LogP contribution in [0.2, 0.25) is 0 Å². The lowest BCUT2D eigenvalue weighted by Gasteiger charge is -2.07. The van der Waals surface area contributed by atoms with Crippen LogP contribution in [0.1, 0.15) is 96.8 Å². The Kier molecular flexibility index (Phi) is 13.0. The molecule has 0 saturated carbocycles. The van der Waals surface area contributed by atoms with E-state index in [1.807, 2.05) is 4.98 Å². The van der Waals surface area contributed by atoms with Crippen LogP contribution >= 0.6 is 0 Å². The average Bonchev–Trinajstić information content (AvgIpc) is 2.64. The summed E-state index contributed by atoms with van der Waals surface area (Å²) in [6.45, 7) is 2.85. The number of rotatable bonds is 17. The van der Waals surface area contributed by atoms with Crippen molar-refractivity contribution in [3.05, 3.63) is 25.7 Å². The first-order valence-electron chi connectivity index (χ1n) is 10.6. The molecule has 0 radical (unpaired) electrons. The van der Waals surface area contributed by atoms with Crippen molar-refractivity contribution in [3.8, 4) is 0 Å². The van der Waals surface area contributed by atoms with Gasteiger partial charge >= 0.3 is 5.69 Å². The van der Waals surface area contributed by atoms with Crippen LogP contribution in [0.15, 0.2) is 14.8 Å². The first-order chi connectivity index (χ1) is 13.2. The molecule has 1 aromatic rings. The molecule has 0 unspecified atom stereocenters. The molecule has 0 aliphatic carbocycles. The van der Waals surface area contributed by atoms with Crippen molar-refractivity contribution in [3.63, 3.8) is 0 Å². The summed E-state index contributed by atoms with van der Waals surface area (Å²) in [4.78, 5) is 37.8. The van der Waals surface area contributed by atoms with E-state index in [1.165, 1.54) is 77.0 Å². The van der Waals surface area contributed by atoms with Gasteiger partial charge in [-0.1, -0.05) is 90.4 Å². The van der Waals surface area contributed by atoms with Crippen LogP contribution < -0.4 is 16.6 Å². The van der Waals surface area contributed by atoms with E-state index in [2.05, 4.69) is 22.4 Å². The molecule has 0 aliphatic rings. The minimum atomic E-state index is -0.766. The zero-order valence-electron chi connectivity index (χ0n) is 16.8. The van der Waals surface area contributed by atoms with Gasteiger partial charge in [-0.15, -0.1) is 4.91 Å². The zero-order chi connectivity index (χ0) is 19.7. The van der Waals surface area contributed by atoms with Gasteiger partial charge in [0.05, 0.1) is 0 Å². The molecule has 7 heteroatoms. The van der Waals surface area contributed by atoms with Crippen molar-refractivity contribution in [1.82, 2.24) is 9.97 Å². The predicted molar refractivity (Wildman–Crippen MR) is 112 cm³/mol. The smallest absolute Gasteiger partial charge is 0.327 e. The normalized spacial score (nSPS) is 10.9. The summed E-state index contributed by atoms with van der Waals surface area (Å²) in [5.74, 6) is 0.105. The van der Waals surface area contributed by atoms with Crippen LogP contribution in [0.3, 0.4) is 0 Å². The number of hydrogen-bond acceptors (Lipinski definition) is 5. The summed E-state index contributed by atoms with van der Waals surface area (Å²) in [5.41, 5.74) is -1.71. The van der Waals surface area contributed by atoms with Crippen LogP contribution in [0.4, 0.5) is 11.5 Å². The third-order valence-corrected chi connectivity index (χ3v) is 4.84. The van der Waals surface area contributed by atoms with Crippen LogP contribution in [-0.2, 0) is 0 Å². The van der Waals surface area contributed by atoms with Crippen molar-refractivity contribution in [2.24, 2.45) is 5.18 Å². The number of H-pyrrole nitrogens is 2. The van der Waals surface area contributed by atoms with Crippen LogP contribution in [0.5, 0.6) is 0 Å². The van der Waals surface area contributed by atoms with E-state index >= 15 is 0 Å². The molecule has 7 nitrogen and oxygen atoms in total. The van der Waals surface area contributed by atoms with E-state index in [-0.39, 0.29) is 11.5 Å². The summed E-state index contributed by atoms with van der Waals surface area (Å²) >= 11 is 0. The number of hydrogen-bond donors (Lipinski definition) is 3. The van der Waals surface area contributed by atoms with Crippen LogP contribution in [-0.4, -0.2) is 16.5 Å². The van der Waals surface area contributed by atoms with E-state index in [9.17, 15) is 14.5 Å². The Balaban J connectivity index is 1.96. The highest BCUT2D eigenvalue weighted by Gasteiger charge is 2.09. The molecule has 0 atom stereocenters. The van der Waals surface area contributed by atoms with E-state index < -0.39 is 11.2 Å². The second-order valence-electron chi connectivity index (χ2n) is 7.25.